The number of carbonyl (C=O) groups excluding carboxylic acids is 1. The SMILES string of the molecule is CCOC(=O)C(CSC1CCCC1)(NC)c1ccccc1. The van der Waals surface area contributed by atoms with E-state index < -0.39 is 5.54 Å². The molecule has 1 fully saturated rings. The van der Waals surface area contributed by atoms with Crippen molar-refractivity contribution in [3.05, 3.63) is 35.9 Å². The molecule has 116 valence electrons. The Labute approximate surface area is 131 Å². The summed E-state index contributed by atoms with van der Waals surface area (Å²) in [5, 5.41) is 3.92. The standard InChI is InChI=1S/C17H25NO2S/c1-3-20-16(19)17(18-2,14-9-5-4-6-10-14)13-21-15-11-7-8-12-15/h4-6,9-10,15,18H,3,7-8,11-13H2,1-2H3. The van der Waals surface area contributed by atoms with E-state index in [0.717, 1.165) is 11.3 Å². The predicted molar refractivity (Wildman–Crippen MR) is 88.5 cm³/mol. The van der Waals surface area contributed by atoms with Gasteiger partial charge >= 0.3 is 5.97 Å². The van der Waals surface area contributed by atoms with Crippen molar-refractivity contribution in [3.63, 3.8) is 0 Å². The third-order valence-electron chi connectivity index (χ3n) is 4.15. The largest absolute Gasteiger partial charge is 0.464 e. The molecule has 21 heavy (non-hydrogen) atoms. The monoisotopic (exact) mass is 307 g/mol. The molecule has 2 rings (SSSR count). The molecular weight excluding hydrogens is 282 g/mol. The molecular formula is C17H25NO2S. The molecule has 1 saturated carbocycles. The molecule has 0 aromatic heterocycles. The van der Waals surface area contributed by atoms with Crippen LogP contribution in [0.15, 0.2) is 30.3 Å². The quantitative estimate of drug-likeness (QED) is 0.784. The number of benzene rings is 1. The first kappa shape index (κ1) is 16.4. The third-order valence-corrected chi connectivity index (χ3v) is 5.70. The molecule has 0 aliphatic heterocycles. The second-order valence-electron chi connectivity index (χ2n) is 5.46. The predicted octanol–water partition coefficient (Wildman–Crippen LogP) is 3.34. The summed E-state index contributed by atoms with van der Waals surface area (Å²) in [5.41, 5.74) is 0.237. The zero-order chi connectivity index (χ0) is 15.1. The molecule has 1 N–H and O–H groups in total. The smallest absolute Gasteiger partial charge is 0.331 e. The van der Waals surface area contributed by atoms with E-state index in [9.17, 15) is 4.79 Å². The summed E-state index contributed by atoms with van der Waals surface area (Å²) >= 11 is 1.90. The zero-order valence-electron chi connectivity index (χ0n) is 12.9. The second kappa shape index (κ2) is 7.85. The van der Waals surface area contributed by atoms with E-state index in [1.165, 1.54) is 25.7 Å². The van der Waals surface area contributed by atoms with Crippen molar-refractivity contribution in [1.82, 2.24) is 5.32 Å². The van der Waals surface area contributed by atoms with Gasteiger partial charge in [0, 0.05) is 11.0 Å². The minimum absolute atomic E-state index is 0.177. The number of hydrogen-bond acceptors (Lipinski definition) is 4. The van der Waals surface area contributed by atoms with Gasteiger partial charge in [-0.05, 0) is 32.4 Å². The van der Waals surface area contributed by atoms with Gasteiger partial charge in [-0.2, -0.15) is 11.8 Å². The summed E-state index contributed by atoms with van der Waals surface area (Å²) in [7, 11) is 1.85. The van der Waals surface area contributed by atoms with Crippen LogP contribution in [0.4, 0.5) is 0 Å². The number of nitrogens with one attached hydrogen (secondary N) is 1. The Hall–Kier alpha value is -1.00. The van der Waals surface area contributed by atoms with Crippen molar-refractivity contribution in [3.8, 4) is 0 Å². The fourth-order valence-corrected chi connectivity index (χ4v) is 4.43. The lowest BCUT2D eigenvalue weighted by Crippen LogP contribution is -2.51. The maximum atomic E-state index is 12.6. The van der Waals surface area contributed by atoms with Crippen molar-refractivity contribution in [1.29, 1.82) is 0 Å². The van der Waals surface area contributed by atoms with E-state index in [1.54, 1.807) is 0 Å². The Balaban J connectivity index is 2.20. The van der Waals surface area contributed by atoms with Gasteiger partial charge in [-0.3, -0.25) is 0 Å². The molecule has 0 bridgehead atoms. The number of rotatable bonds is 7. The maximum Gasteiger partial charge on any atom is 0.331 e. The lowest BCUT2D eigenvalue weighted by atomic mass is 9.92. The first-order valence-electron chi connectivity index (χ1n) is 7.76. The molecule has 3 nitrogen and oxygen atoms in total. The van der Waals surface area contributed by atoms with Gasteiger partial charge in [0.25, 0.3) is 0 Å². The number of hydrogen-bond donors (Lipinski definition) is 1. The molecule has 0 spiro atoms. The van der Waals surface area contributed by atoms with Crippen molar-refractivity contribution >= 4 is 17.7 Å². The minimum Gasteiger partial charge on any atom is -0.464 e. The third kappa shape index (κ3) is 3.80. The molecule has 0 saturated heterocycles. The van der Waals surface area contributed by atoms with Crippen molar-refractivity contribution < 1.29 is 9.53 Å². The molecule has 0 radical (unpaired) electrons. The Morgan fingerprint density at radius 3 is 2.57 bits per heavy atom. The number of carbonyl (C=O) groups is 1. The molecule has 4 heteroatoms. The van der Waals surface area contributed by atoms with E-state index in [1.807, 2.05) is 56.1 Å². The Kier molecular flexibility index (Phi) is 6.12. The van der Waals surface area contributed by atoms with Crippen LogP contribution in [0.25, 0.3) is 0 Å². The van der Waals surface area contributed by atoms with Crippen molar-refractivity contribution in [2.45, 2.75) is 43.4 Å². The number of ether oxygens (including phenoxy) is 1. The van der Waals surface area contributed by atoms with Crippen LogP contribution in [-0.4, -0.2) is 30.6 Å². The molecule has 1 aromatic carbocycles. The van der Waals surface area contributed by atoms with Gasteiger partial charge in [0.1, 0.15) is 0 Å². The highest BCUT2D eigenvalue weighted by Crippen LogP contribution is 2.35. The molecule has 0 amide bonds. The molecule has 1 atom stereocenters. The lowest BCUT2D eigenvalue weighted by molar-refractivity contribution is -0.150. The first-order chi connectivity index (χ1) is 10.2. The number of likely N-dealkylation sites (N-methyl/N-ethyl adjacent to an activating group) is 1. The van der Waals surface area contributed by atoms with Gasteiger partial charge in [0.2, 0.25) is 0 Å². The van der Waals surface area contributed by atoms with Crippen LogP contribution in [0, 0.1) is 0 Å². The highest BCUT2D eigenvalue weighted by atomic mass is 32.2. The fraction of sp³-hybridized carbons (Fsp3) is 0.588. The highest BCUT2D eigenvalue weighted by molar-refractivity contribution is 8.00. The summed E-state index contributed by atoms with van der Waals surface area (Å²) in [5.74, 6) is 0.543. The molecule has 0 heterocycles. The summed E-state index contributed by atoms with van der Waals surface area (Å²) in [4.78, 5) is 12.6. The molecule has 1 unspecified atom stereocenters. The Morgan fingerprint density at radius 2 is 2.00 bits per heavy atom. The van der Waals surface area contributed by atoms with Crippen LogP contribution < -0.4 is 5.32 Å². The van der Waals surface area contributed by atoms with E-state index in [4.69, 9.17) is 4.74 Å². The fourth-order valence-electron chi connectivity index (χ4n) is 2.85. The van der Waals surface area contributed by atoms with Gasteiger partial charge in [-0.25, -0.2) is 4.79 Å². The van der Waals surface area contributed by atoms with Gasteiger partial charge in [0.15, 0.2) is 5.54 Å². The van der Waals surface area contributed by atoms with Gasteiger partial charge < -0.3 is 10.1 Å². The summed E-state index contributed by atoms with van der Waals surface area (Å²) in [6.07, 6.45) is 5.16. The zero-order valence-corrected chi connectivity index (χ0v) is 13.7. The van der Waals surface area contributed by atoms with E-state index in [2.05, 4.69) is 5.32 Å². The maximum absolute atomic E-state index is 12.6. The second-order valence-corrected chi connectivity index (χ2v) is 6.75. The van der Waals surface area contributed by atoms with Crippen molar-refractivity contribution in [2.24, 2.45) is 0 Å². The highest BCUT2D eigenvalue weighted by Gasteiger charge is 2.41. The van der Waals surface area contributed by atoms with Crippen LogP contribution in [-0.2, 0) is 15.1 Å². The number of thioether (sulfide) groups is 1. The van der Waals surface area contributed by atoms with Crippen molar-refractivity contribution in [2.75, 3.05) is 19.4 Å². The van der Waals surface area contributed by atoms with Crippen LogP contribution in [0.1, 0.15) is 38.2 Å². The number of esters is 1. The summed E-state index contributed by atoms with van der Waals surface area (Å²) in [6, 6.07) is 9.92. The van der Waals surface area contributed by atoms with Gasteiger partial charge in [-0.1, -0.05) is 43.2 Å². The van der Waals surface area contributed by atoms with Gasteiger partial charge in [-0.15, -0.1) is 0 Å². The topological polar surface area (TPSA) is 38.3 Å². The molecule has 1 aliphatic rings. The lowest BCUT2D eigenvalue weighted by Gasteiger charge is -2.32. The average molecular weight is 307 g/mol. The first-order valence-corrected chi connectivity index (χ1v) is 8.81. The molecule has 1 aromatic rings. The van der Waals surface area contributed by atoms with Crippen LogP contribution >= 0.6 is 11.8 Å². The van der Waals surface area contributed by atoms with E-state index in [-0.39, 0.29) is 5.97 Å². The normalized spacial score (nSPS) is 18.4. The Bertz CT molecular complexity index is 445. The average Bonchev–Trinajstić information content (AvgIpc) is 3.03. The van der Waals surface area contributed by atoms with E-state index in [0.29, 0.717) is 11.9 Å². The van der Waals surface area contributed by atoms with Crippen LogP contribution in [0.2, 0.25) is 0 Å². The minimum atomic E-state index is -0.746. The van der Waals surface area contributed by atoms with Gasteiger partial charge in [0.05, 0.1) is 6.61 Å². The molecule has 1 aliphatic carbocycles. The van der Waals surface area contributed by atoms with Crippen LogP contribution in [0.5, 0.6) is 0 Å². The van der Waals surface area contributed by atoms with E-state index >= 15 is 0 Å². The Morgan fingerprint density at radius 1 is 1.33 bits per heavy atom. The van der Waals surface area contributed by atoms with Crippen LogP contribution in [0.3, 0.4) is 0 Å². The summed E-state index contributed by atoms with van der Waals surface area (Å²) < 4.78 is 5.35. The summed E-state index contributed by atoms with van der Waals surface area (Å²) in [6.45, 7) is 2.26.